The van der Waals surface area contributed by atoms with Crippen LogP contribution in [0, 0.1) is 5.82 Å². The van der Waals surface area contributed by atoms with E-state index in [1.54, 1.807) is 19.2 Å². The molecule has 0 heterocycles. The second kappa shape index (κ2) is 6.72. The molecule has 2 aromatic carbocycles. The largest absolute Gasteiger partial charge is 0.497 e. The Morgan fingerprint density at radius 3 is 2.65 bits per heavy atom. The summed E-state index contributed by atoms with van der Waals surface area (Å²) in [5, 5.41) is 0. The first-order chi connectivity index (χ1) is 9.63. The summed E-state index contributed by atoms with van der Waals surface area (Å²) in [6.45, 7) is 0.283. The number of ether oxygens (including phenoxy) is 2. The summed E-state index contributed by atoms with van der Waals surface area (Å²) in [5.41, 5.74) is 6.63. The van der Waals surface area contributed by atoms with Gasteiger partial charge in [0.1, 0.15) is 23.4 Å². The Balaban J connectivity index is 2.21. The molecule has 20 heavy (non-hydrogen) atoms. The van der Waals surface area contributed by atoms with Gasteiger partial charge in [0, 0.05) is 12.6 Å². The number of hydrogen-bond donors (Lipinski definition) is 1. The molecule has 0 fully saturated rings. The lowest BCUT2D eigenvalue weighted by Crippen LogP contribution is -2.18. The van der Waals surface area contributed by atoms with Crippen LogP contribution in [-0.2, 0) is 0 Å². The highest BCUT2D eigenvalue weighted by molar-refractivity contribution is 9.10. The molecular weight excluding hydrogens is 325 g/mol. The minimum absolute atomic E-state index is 0.283. The Morgan fingerprint density at radius 1 is 1.20 bits per heavy atom. The van der Waals surface area contributed by atoms with E-state index in [2.05, 4.69) is 15.9 Å². The Bertz CT molecular complexity index is 592. The van der Waals surface area contributed by atoms with Gasteiger partial charge in [0.05, 0.1) is 11.6 Å². The maximum Gasteiger partial charge on any atom is 0.141 e. The van der Waals surface area contributed by atoms with Gasteiger partial charge in [-0.05, 0) is 45.8 Å². The van der Waals surface area contributed by atoms with Crippen LogP contribution in [0.1, 0.15) is 11.7 Å². The van der Waals surface area contributed by atoms with Gasteiger partial charge in [0.15, 0.2) is 0 Å². The van der Waals surface area contributed by atoms with Crippen molar-refractivity contribution in [3.05, 3.63) is 58.3 Å². The summed E-state index contributed by atoms with van der Waals surface area (Å²) in [6, 6.07) is 12.1. The summed E-state index contributed by atoms with van der Waals surface area (Å²) in [4.78, 5) is 0. The molecule has 3 nitrogen and oxygen atoms in total. The van der Waals surface area contributed by atoms with E-state index in [1.807, 2.05) is 24.3 Å². The number of hydrogen-bond acceptors (Lipinski definition) is 3. The molecule has 106 valence electrons. The second-order valence-corrected chi connectivity index (χ2v) is 5.05. The summed E-state index contributed by atoms with van der Waals surface area (Å²) in [5.74, 6) is 0.791. The number of rotatable bonds is 5. The van der Waals surface area contributed by atoms with Crippen LogP contribution in [0.5, 0.6) is 11.5 Å². The van der Waals surface area contributed by atoms with Gasteiger partial charge in [-0.15, -0.1) is 0 Å². The molecule has 2 N–H and O–H groups in total. The molecule has 0 radical (unpaired) electrons. The third kappa shape index (κ3) is 3.49. The standard InChI is InChI=1S/C15H15BrFNO2/c1-19-11-4-2-3-10(7-11)15(9-18)20-12-5-6-13(16)14(17)8-12/h2-8,15H,9,18H2,1H3. The summed E-state index contributed by atoms with van der Waals surface area (Å²) < 4.78 is 24.8. The SMILES string of the molecule is COc1cccc(C(CN)Oc2ccc(Br)c(F)c2)c1. The van der Waals surface area contributed by atoms with Crippen LogP contribution in [-0.4, -0.2) is 13.7 Å². The van der Waals surface area contributed by atoms with Crippen LogP contribution in [0.3, 0.4) is 0 Å². The first-order valence-corrected chi connectivity index (χ1v) is 6.89. The fourth-order valence-electron chi connectivity index (χ4n) is 1.81. The highest BCUT2D eigenvalue weighted by atomic mass is 79.9. The van der Waals surface area contributed by atoms with Gasteiger partial charge in [-0.1, -0.05) is 12.1 Å². The predicted octanol–water partition coefficient (Wildman–Crippen LogP) is 3.68. The van der Waals surface area contributed by atoms with Gasteiger partial charge in [0.25, 0.3) is 0 Å². The average Bonchev–Trinajstić information content (AvgIpc) is 2.48. The summed E-state index contributed by atoms with van der Waals surface area (Å²) >= 11 is 3.10. The fraction of sp³-hybridized carbons (Fsp3) is 0.200. The van der Waals surface area contributed by atoms with Crippen molar-refractivity contribution in [3.63, 3.8) is 0 Å². The lowest BCUT2D eigenvalue weighted by molar-refractivity contribution is 0.213. The van der Waals surface area contributed by atoms with E-state index in [0.717, 1.165) is 11.3 Å². The smallest absolute Gasteiger partial charge is 0.141 e. The second-order valence-electron chi connectivity index (χ2n) is 4.19. The molecule has 5 heteroatoms. The van der Waals surface area contributed by atoms with E-state index in [9.17, 15) is 4.39 Å². The lowest BCUT2D eigenvalue weighted by Gasteiger charge is -2.18. The van der Waals surface area contributed by atoms with Crippen LogP contribution < -0.4 is 15.2 Å². The van der Waals surface area contributed by atoms with Crippen molar-refractivity contribution < 1.29 is 13.9 Å². The number of nitrogens with two attached hydrogens (primary N) is 1. The summed E-state index contributed by atoms with van der Waals surface area (Å²) in [7, 11) is 1.60. The van der Waals surface area contributed by atoms with Crippen molar-refractivity contribution in [2.24, 2.45) is 5.73 Å². The third-order valence-electron chi connectivity index (χ3n) is 2.85. The normalized spacial score (nSPS) is 12.0. The van der Waals surface area contributed by atoms with Crippen molar-refractivity contribution >= 4 is 15.9 Å². The molecule has 0 spiro atoms. The monoisotopic (exact) mass is 339 g/mol. The van der Waals surface area contributed by atoms with E-state index in [1.165, 1.54) is 6.07 Å². The number of benzene rings is 2. The lowest BCUT2D eigenvalue weighted by atomic mass is 10.1. The van der Waals surface area contributed by atoms with Gasteiger partial charge in [-0.2, -0.15) is 0 Å². The predicted molar refractivity (Wildman–Crippen MR) is 79.5 cm³/mol. The Morgan fingerprint density at radius 2 is 2.00 bits per heavy atom. The van der Waals surface area contributed by atoms with Crippen LogP contribution in [0.15, 0.2) is 46.9 Å². The maximum atomic E-state index is 13.5. The van der Waals surface area contributed by atoms with E-state index >= 15 is 0 Å². The quantitative estimate of drug-likeness (QED) is 0.903. The highest BCUT2D eigenvalue weighted by Crippen LogP contribution is 2.26. The van der Waals surface area contributed by atoms with Crippen LogP contribution in [0.4, 0.5) is 4.39 Å². The zero-order valence-electron chi connectivity index (χ0n) is 11.0. The minimum Gasteiger partial charge on any atom is -0.497 e. The van der Waals surface area contributed by atoms with Crippen molar-refractivity contribution in [1.29, 1.82) is 0 Å². The maximum absolute atomic E-state index is 13.5. The number of methoxy groups -OCH3 is 1. The molecule has 0 amide bonds. The van der Waals surface area contributed by atoms with Gasteiger partial charge in [-0.3, -0.25) is 0 Å². The molecule has 0 bridgehead atoms. The molecule has 1 atom stereocenters. The van der Waals surface area contributed by atoms with Crippen molar-refractivity contribution in [3.8, 4) is 11.5 Å². The molecule has 0 aliphatic rings. The Hall–Kier alpha value is -1.59. The summed E-state index contributed by atoms with van der Waals surface area (Å²) in [6.07, 6.45) is -0.356. The average molecular weight is 340 g/mol. The van der Waals surface area contributed by atoms with Gasteiger partial charge in [-0.25, -0.2) is 4.39 Å². The van der Waals surface area contributed by atoms with Gasteiger partial charge < -0.3 is 15.2 Å². The van der Waals surface area contributed by atoms with E-state index in [0.29, 0.717) is 10.2 Å². The van der Waals surface area contributed by atoms with E-state index < -0.39 is 0 Å². The van der Waals surface area contributed by atoms with E-state index in [4.69, 9.17) is 15.2 Å². The zero-order valence-corrected chi connectivity index (χ0v) is 12.6. The molecule has 2 rings (SSSR count). The third-order valence-corrected chi connectivity index (χ3v) is 3.49. The topological polar surface area (TPSA) is 44.5 Å². The molecular formula is C15H15BrFNO2. The molecule has 0 aromatic heterocycles. The molecule has 0 saturated carbocycles. The van der Waals surface area contributed by atoms with Crippen molar-refractivity contribution in [2.75, 3.05) is 13.7 Å². The van der Waals surface area contributed by atoms with Crippen LogP contribution in [0.2, 0.25) is 0 Å². The first-order valence-electron chi connectivity index (χ1n) is 6.09. The highest BCUT2D eigenvalue weighted by Gasteiger charge is 2.13. The molecule has 1 unspecified atom stereocenters. The minimum atomic E-state index is -0.371. The van der Waals surface area contributed by atoms with Crippen LogP contribution >= 0.6 is 15.9 Å². The molecule has 0 aliphatic heterocycles. The van der Waals surface area contributed by atoms with E-state index in [-0.39, 0.29) is 18.5 Å². The molecule has 0 saturated heterocycles. The van der Waals surface area contributed by atoms with Crippen LogP contribution in [0.25, 0.3) is 0 Å². The van der Waals surface area contributed by atoms with Crippen molar-refractivity contribution in [1.82, 2.24) is 0 Å². The fourth-order valence-corrected chi connectivity index (χ4v) is 2.06. The molecule has 2 aromatic rings. The number of halogens is 2. The zero-order chi connectivity index (χ0) is 14.5. The first kappa shape index (κ1) is 14.8. The molecule has 0 aliphatic carbocycles. The Labute approximate surface area is 125 Å². The van der Waals surface area contributed by atoms with Gasteiger partial charge >= 0.3 is 0 Å². The van der Waals surface area contributed by atoms with Gasteiger partial charge in [0.2, 0.25) is 0 Å². The Kier molecular flexibility index (Phi) is 4.98. The van der Waals surface area contributed by atoms with Crippen molar-refractivity contribution in [2.45, 2.75) is 6.10 Å².